The first-order valence-corrected chi connectivity index (χ1v) is 8.48. The van der Waals surface area contributed by atoms with E-state index < -0.39 is 0 Å². The quantitative estimate of drug-likeness (QED) is 0.787. The van der Waals surface area contributed by atoms with E-state index in [0.717, 1.165) is 10.4 Å². The van der Waals surface area contributed by atoms with E-state index in [2.05, 4.69) is 15.4 Å². The summed E-state index contributed by atoms with van der Waals surface area (Å²) in [5, 5.41) is 7.56. The lowest BCUT2D eigenvalue weighted by Gasteiger charge is -2.12. The van der Waals surface area contributed by atoms with Crippen LogP contribution in [0.25, 0.3) is 10.2 Å². The Bertz CT molecular complexity index is 967. The second-order valence-corrected chi connectivity index (χ2v) is 7.15. The van der Waals surface area contributed by atoms with E-state index in [1.165, 1.54) is 22.2 Å². The SMILES string of the molecule is Cc1sc2ncn(CC(=O)Nc3ccnn3C(C)C)c(=O)c2c1C. The van der Waals surface area contributed by atoms with Crippen molar-refractivity contribution in [2.24, 2.45) is 0 Å². The molecular formula is C16H19N5O2S. The highest BCUT2D eigenvalue weighted by Crippen LogP contribution is 2.25. The molecule has 3 aromatic rings. The van der Waals surface area contributed by atoms with Crippen LogP contribution in [0, 0.1) is 13.8 Å². The predicted octanol–water partition coefficient (Wildman–Crippen LogP) is 2.49. The number of aryl methyl sites for hydroxylation is 2. The lowest BCUT2D eigenvalue weighted by atomic mass is 10.2. The average molecular weight is 345 g/mol. The second-order valence-electron chi connectivity index (χ2n) is 5.94. The molecule has 0 aliphatic rings. The van der Waals surface area contributed by atoms with E-state index in [1.54, 1.807) is 16.9 Å². The number of amides is 1. The summed E-state index contributed by atoms with van der Waals surface area (Å²) in [5.41, 5.74) is 0.745. The number of carbonyl (C=O) groups is 1. The number of fused-ring (bicyclic) bond motifs is 1. The molecule has 0 spiro atoms. The van der Waals surface area contributed by atoms with Crippen molar-refractivity contribution in [1.82, 2.24) is 19.3 Å². The van der Waals surface area contributed by atoms with Crippen molar-refractivity contribution in [2.45, 2.75) is 40.3 Å². The smallest absolute Gasteiger partial charge is 0.262 e. The van der Waals surface area contributed by atoms with E-state index in [4.69, 9.17) is 0 Å². The molecule has 3 aromatic heterocycles. The van der Waals surface area contributed by atoms with Crippen molar-refractivity contribution >= 4 is 33.3 Å². The molecule has 0 unspecified atom stereocenters. The fraction of sp³-hybridized carbons (Fsp3) is 0.375. The molecule has 0 fully saturated rings. The van der Waals surface area contributed by atoms with Gasteiger partial charge >= 0.3 is 0 Å². The van der Waals surface area contributed by atoms with Gasteiger partial charge in [-0.1, -0.05) is 0 Å². The van der Waals surface area contributed by atoms with Gasteiger partial charge in [0.1, 0.15) is 17.2 Å². The maximum Gasteiger partial charge on any atom is 0.262 e. The summed E-state index contributed by atoms with van der Waals surface area (Å²) in [4.78, 5) is 31.0. The van der Waals surface area contributed by atoms with Gasteiger partial charge in [-0.25, -0.2) is 9.67 Å². The number of anilines is 1. The van der Waals surface area contributed by atoms with E-state index in [1.807, 2.05) is 27.7 Å². The monoisotopic (exact) mass is 345 g/mol. The highest BCUT2D eigenvalue weighted by molar-refractivity contribution is 7.18. The summed E-state index contributed by atoms with van der Waals surface area (Å²) in [6.45, 7) is 7.74. The third-order valence-corrected chi connectivity index (χ3v) is 5.01. The minimum Gasteiger partial charge on any atom is -0.309 e. The van der Waals surface area contributed by atoms with Gasteiger partial charge in [-0.2, -0.15) is 5.10 Å². The lowest BCUT2D eigenvalue weighted by molar-refractivity contribution is -0.116. The third-order valence-electron chi connectivity index (χ3n) is 3.90. The lowest BCUT2D eigenvalue weighted by Crippen LogP contribution is -2.28. The Hall–Kier alpha value is -2.48. The summed E-state index contributed by atoms with van der Waals surface area (Å²) in [5.74, 6) is 0.324. The first-order valence-electron chi connectivity index (χ1n) is 7.67. The fourth-order valence-electron chi connectivity index (χ4n) is 2.54. The van der Waals surface area contributed by atoms with Crippen molar-refractivity contribution in [3.63, 3.8) is 0 Å². The van der Waals surface area contributed by atoms with Crippen molar-refractivity contribution in [3.8, 4) is 0 Å². The van der Waals surface area contributed by atoms with Gasteiger partial charge in [-0.3, -0.25) is 14.2 Å². The maximum atomic E-state index is 12.6. The van der Waals surface area contributed by atoms with Crippen LogP contribution < -0.4 is 10.9 Å². The summed E-state index contributed by atoms with van der Waals surface area (Å²) >= 11 is 1.49. The summed E-state index contributed by atoms with van der Waals surface area (Å²) in [7, 11) is 0. The van der Waals surface area contributed by atoms with Crippen LogP contribution in [0.15, 0.2) is 23.4 Å². The van der Waals surface area contributed by atoms with Gasteiger partial charge in [0.15, 0.2) is 0 Å². The average Bonchev–Trinajstić information content (AvgIpc) is 3.08. The minimum absolute atomic E-state index is 0.0839. The molecule has 3 heterocycles. The fourth-order valence-corrected chi connectivity index (χ4v) is 3.53. The number of thiophene rings is 1. The molecule has 126 valence electrons. The van der Waals surface area contributed by atoms with Crippen molar-refractivity contribution in [3.05, 3.63) is 39.4 Å². The standard InChI is InChI=1S/C16H19N5O2S/c1-9(2)21-12(5-6-18-21)19-13(22)7-20-8-17-15-14(16(20)23)10(3)11(4)24-15/h5-6,8-9H,7H2,1-4H3,(H,19,22). The highest BCUT2D eigenvalue weighted by Gasteiger charge is 2.15. The zero-order chi connectivity index (χ0) is 17.4. The Kier molecular flexibility index (Phi) is 4.23. The largest absolute Gasteiger partial charge is 0.309 e. The molecule has 0 aromatic carbocycles. The first kappa shape index (κ1) is 16.4. The Labute approximate surface area is 142 Å². The molecule has 0 radical (unpaired) electrons. The van der Waals surface area contributed by atoms with Crippen LogP contribution in [0.4, 0.5) is 5.82 Å². The van der Waals surface area contributed by atoms with Gasteiger partial charge in [0, 0.05) is 17.0 Å². The summed E-state index contributed by atoms with van der Waals surface area (Å²) in [6, 6.07) is 1.86. The van der Waals surface area contributed by atoms with Crippen molar-refractivity contribution in [1.29, 1.82) is 0 Å². The number of nitrogens with one attached hydrogen (secondary N) is 1. The first-order chi connectivity index (χ1) is 11.4. The molecule has 0 saturated carbocycles. The molecule has 1 N–H and O–H groups in total. The number of hydrogen-bond donors (Lipinski definition) is 1. The normalized spacial score (nSPS) is 11.4. The van der Waals surface area contributed by atoms with Crippen LogP contribution in [0.2, 0.25) is 0 Å². The molecule has 0 atom stereocenters. The molecule has 0 aliphatic carbocycles. The molecule has 24 heavy (non-hydrogen) atoms. The molecule has 0 saturated heterocycles. The van der Waals surface area contributed by atoms with Crippen LogP contribution in [-0.4, -0.2) is 25.2 Å². The van der Waals surface area contributed by atoms with Gasteiger partial charge in [0.2, 0.25) is 5.91 Å². The topological polar surface area (TPSA) is 81.8 Å². The predicted molar refractivity (Wildman–Crippen MR) is 94.6 cm³/mol. The van der Waals surface area contributed by atoms with E-state index in [-0.39, 0.29) is 24.1 Å². The second kappa shape index (κ2) is 6.20. The Morgan fingerprint density at radius 1 is 1.38 bits per heavy atom. The van der Waals surface area contributed by atoms with Crippen molar-refractivity contribution < 1.29 is 4.79 Å². The van der Waals surface area contributed by atoms with E-state index in [9.17, 15) is 9.59 Å². The van der Waals surface area contributed by atoms with Gasteiger partial charge in [-0.05, 0) is 33.3 Å². The van der Waals surface area contributed by atoms with E-state index in [0.29, 0.717) is 16.0 Å². The zero-order valence-electron chi connectivity index (χ0n) is 14.0. The molecule has 1 amide bonds. The molecule has 3 rings (SSSR count). The van der Waals surface area contributed by atoms with Gasteiger partial charge in [-0.15, -0.1) is 11.3 Å². The zero-order valence-corrected chi connectivity index (χ0v) is 14.8. The van der Waals surface area contributed by atoms with Crippen LogP contribution in [0.1, 0.15) is 30.3 Å². The Balaban J connectivity index is 1.86. The number of nitrogens with zero attached hydrogens (tertiary/aromatic N) is 4. The third kappa shape index (κ3) is 2.84. The Morgan fingerprint density at radius 2 is 2.12 bits per heavy atom. The molecule has 7 nitrogen and oxygen atoms in total. The molecule has 8 heteroatoms. The number of carbonyl (C=O) groups excluding carboxylic acids is 1. The highest BCUT2D eigenvalue weighted by atomic mass is 32.1. The number of hydrogen-bond acceptors (Lipinski definition) is 5. The van der Waals surface area contributed by atoms with Gasteiger partial charge in [0.25, 0.3) is 5.56 Å². The molecule has 0 bridgehead atoms. The molecule has 0 aliphatic heterocycles. The summed E-state index contributed by atoms with van der Waals surface area (Å²) in [6.07, 6.45) is 3.06. The van der Waals surface area contributed by atoms with Crippen LogP contribution in [0.5, 0.6) is 0 Å². The summed E-state index contributed by atoms with van der Waals surface area (Å²) < 4.78 is 3.06. The molecular weight excluding hydrogens is 326 g/mol. The van der Waals surface area contributed by atoms with Crippen LogP contribution in [0.3, 0.4) is 0 Å². The van der Waals surface area contributed by atoms with Crippen molar-refractivity contribution in [2.75, 3.05) is 5.32 Å². The van der Waals surface area contributed by atoms with Gasteiger partial charge in [0.05, 0.1) is 17.9 Å². The number of aromatic nitrogens is 4. The van der Waals surface area contributed by atoms with Crippen LogP contribution in [-0.2, 0) is 11.3 Å². The Morgan fingerprint density at radius 3 is 2.83 bits per heavy atom. The minimum atomic E-state index is -0.287. The van der Waals surface area contributed by atoms with E-state index >= 15 is 0 Å². The van der Waals surface area contributed by atoms with Gasteiger partial charge < -0.3 is 5.32 Å². The number of rotatable bonds is 4. The van der Waals surface area contributed by atoms with Crippen LogP contribution >= 0.6 is 11.3 Å². The maximum absolute atomic E-state index is 12.6.